The van der Waals surface area contributed by atoms with Crippen LogP contribution in [0.3, 0.4) is 0 Å². The molecule has 4 rings (SSSR count). The van der Waals surface area contributed by atoms with E-state index >= 15 is 0 Å². The van der Waals surface area contributed by atoms with Crippen LogP contribution >= 0.6 is 0 Å². The van der Waals surface area contributed by atoms with Crippen LogP contribution in [0.1, 0.15) is 16.1 Å². The van der Waals surface area contributed by atoms with Crippen molar-refractivity contribution in [2.75, 3.05) is 0 Å². The van der Waals surface area contributed by atoms with Gasteiger partial charge in [0, 0.05) is 44.1 Å². The standard InChI is InChI=1S/C13H12N2O.C11H6F2N.Ir/c1-10-6-5-9-14-12(10)13(16)15-11-7-3-2-4-8-11;12-8-4-5-9(10(13)7-8)11-3-1-2-6-14-11;/h2-9H,1H3,(H,15,16);1-4,6-7H;/q;-1;/p-1. The Morgan fingerprint density at radius 3 is 2.29 bits per heavy atom. The average Bonchev–Trinajstić information content (AvgIpc) is 2.76. The van der Waals surface area contributed by atoms with E-state index in [1.807, 2.05) is 31.2 Å². The molecule has 0 spiro atoms. The van der Waals surface area contributed by atoms with Gasteiger partial charge in [0.15, 0.2) is 0 Å². The minimum absolute atomic E-state index is 0. The molecule has 4 aromatic rings. The molecule has 0 bridgehead atoms. The van der Waals surface area contributed by atoms with Crippen molar-refractivity contribution in [2.45, 2.75) is 6.92 Å². The van der Waals surface area contributed by atoms with Crippen LogP contribution in [0.5, 0.6) is 0 Å². The number of aromatic nitrogens is 2. The second-order valence-corrected chi connectivity index (χ2v) is 6.18. The van der Waals surface area contributed by atoms with Crippen molar-refractivity contribution in [1.29, 1.82) is 0 Å². The van der Waals surface area contributed by atoms with Crippen molar-refractivity contribution in [3.8, 4) is 11.3 Å². The summed E-state index contributed by atoms with van der Waals surface area (Å²) in [6.45, 7) is 1.85. The van der Waals surface area contributed by atoms with Gasteiger partial charge in [0.25, 0.3) is 0 Å². The zero-order chi connectivity index (χ0) is 21.3. The summed E-state index contributed by atoms with van der Waals surface area (Å²) in [6.07, 6.45) is 3.15. The van der Waals surface area contributed by atoms with Gasteiger partial charge in [-0.05, 0) is 30.3 Å². The molecular formula is C24H17F2IrN3O-2. The molecule has 0 fully saturated rings. The van der Waals surface area contributed by atoms with Crippen LogP contribution in [0.15, 0.2) is 85.2 Å². The van der Waals surface area contributed by atoms with Crippen molar-refractivity contribution < 1.29 is 33.7 Å². The van der Waals surface area contributed by atoms with Gasteiger partial charge in [0.05, 0.1) is 5.69 Å². The summed E-state index contributed by atoms with van der Waals surface area (Å²) in [5.74, 6) is -1.59. The van der Waals surface area contributed by atoms with Crippen LogP contribution in [0.2, 0.25) is 0 Å². The fourth-order valence-electron chi connectivity index (χ4n) is 2.53. The van der Waals surface area contributed by atoms with Crippen LogP contribution in [0.4, 0.5) is 14.5 Å². The van der Waals surface area contributed by atoms with E-state index in [-0.39, 0.29) is 31.6 Å². The maximum absolute atomic E-state index is 13.2. The number of rotatable bonds is 3. The Kier molecular flexibility index (Phi) is 9.12. The first kappa shape index (κ1) is 24.0. The summed E-state index contributed by atoms with van der Waals surface area (Å²) in [5.41, 5.74) is 2.54. The number of aryl methyl sites for hydroxylation is 1. The third-order valence-corrected chi connectivity index (χ3v) is 3.98. The molecule has 4 nitrogen and oxygen atoms in total. The second-order valence-electron chi connectivity index (χ2n) is 6.18. The zero-order valence-electron chi connectivity index (χ0n) is 16.4. The molecule has 0 aliphatic heterocycles. The molecule has 0 aliphatic carbocycles. The molecule has 31 heavy (non-hydrogen) atoms. The summed E-state index contributed by atoms with van der Waals surface area (Å²) < 4.78 is 25.8. The van der Waals surface area contributed by atoms with Crippen LogP contribution in [0, 0.1) is 24.6 Å². The van der Waals surface area contributed by atoms with E-state index in [9.17, 15) is 13.6 Å². The zero-order valence-corrected chi connectivity index (χ0v) is 18.8. The Morgan fingerprint density at radius 2 is 1.65 bits per heavy atom. The number of pyridine rings is 2. The smallest absolute Gasteiger partial charge is 0.104 e. The molecule has 2 aromatic carbocycles. The van der Waals surface area contributed by atoms with Crippen LogP contribution in [0.25, 0.3) is 16.6 Å². The number of benzene rings is 2. The third kappa shape index (κ3) is 6.88. The van der Waals surface area contributed by atoms with E-state index in [0.717, 1.165) is 17.7 Å². The Morgan fingerprint density at radius 1 is 0.935 bits per heavy atom. The molecule has 1 amide bonds. The van der Waals surface area contributed by atoms with Crippen LogP contribution in [-0.2, 0) is 20.1 Å². The Hall–Kier alpha value is -3.28. The van der Waals surface area contributed by atoms with Crippen LogP contribution in [-0.4, -0.2) is 15.9 Å². The van der Waals surface area contributed by atoms with Gasteiger partial charge in [0.2, 0.25) is 0 Å². The van der Waals surface area contributed by atoms with E-state index < -0.39 is 11.6 Å². The fraction of sp³-hybridized carbons (Fsp3) is 0.0417. The van der Waals surface area contributed by atoms with Gasteiger partial charge in [-0.1, -0.05) is 60.2 Å². The largest absolute Gasteiger partial charge is 0.621 e. The monoisotopic (exact) mass is 594 g/mol. The third-order valence-electron chi connectivity index (χ3n) is 3.98. The second kappa shape index (κ2) is 11.8. The summed E-state index contributed by atoms with van der Waals surface area (Å²) in [6, 6.07) is 22.3. The molecule has 0 atom stereocenters. The van der Waals surface area contributed by atoms with Gasteiger partial charge < -0.3 is 15.1 Å². The van der Waals surface area contributed by atoms with Crippen molar-refractivity contribution in [1.82, 2.24) is 9.97 Å². The molecule has 159 valence electrons. The first-order valence-corrected chi connectivity index (χ1v) is 9.05. The number of hydrogen-bond donors (Lipinski definition) is 0. The molecular weight excluding hydrogens is 576 g/mol. The van der Waals surface area contributed by atoms with E-state index in [0.29, 0.717) is 17.1 Å². The first-order chi connectivity index (χ1) is 14.5. The predicted molar refractivity (Wildman–Crippen MR) is 111 cm³/mol. The molecule has 0 unspecified atom stereocenters. The number of carbonyl (C=O) groups excluding carboxylic acids is 1. The van der Waals surface area contributed by atoms with Crippen molar-refractivity contribution in [2.24, 2.45) is 0 Å². The molecule has 0 N–H and O–H groups in total. The number of hydrogen-bond acceptors (Lipinski definition) is 3. The maximum atomic E-state index is 13.2. The number of carbonyl (C=O) groups is 1. The predicted octanol–water partition coefficient (Wildman–Crippen LogP) is 6.06. The van der Waals surface area contributed by atoms with Crippen molar-refractivity contribution in [3.63, 3.8) is 0 Å². The molecule has 0 saturated carbocycles. The quantitative estimate of drug-likeness (QED) is 0.272. The summed E-state index contributed by atoms with van der Waals surface area (Å²) >= 11 is 0. The minimum Gasteiger partial charge on any atom is -0.621 e. The van der Waals surface area contributed by atoms with Gasteiger partial charge in [-0.25, -0.2) is 0 Å². The number of amides is 1. The van der Waals surface area contributed by atoms with E-state index in [4.69, 9.17) is 0 Å². The van der Waals surface area contributed by atoms with Gasteiger partial charge in [-0.2, -0.15) is 0 Å². The molecule has 0 saturated heterocycles. The molecule has 7 heteroatoms. The Balaban J connectivity index is 0.000000215. The molecule has 2 heterocycles. The topological polar surface area (TPSA) is 57.0 Å². The fourth-order valence-corrected chi connectivity index (χ4v) is 2.53. The molecule has 0 aliphatic rings. The Bertz CT molecular complexity index is 1130. The SMILES string of the molecule is Cc1cccnc1C(=O)[N-]c1ccccc1.Fc1c[c-]c(-c2ccccn2)c(F)c1.[Ir]. The average molecular weight is 594 g/mol. The number of nitrogens with zero attached hydrogens (tertiary/aromatic N) is 3. The van der Waals surface area contributed by atoms with Gasteiger partial charge in [-0.15, -0.1) is 17.8 Å². The van der Waals surface area contributed by atoms with Gasteiger partial charge in [-0.3, -0.25) is 13.8 Å². The van der Waals surface area contributed by atoms with E-state index in [1.54, 1.807) is 48.8 Å². The van der Waals surface area contributed by atoms with Crippen molar-refractivity contribution in [3.05, 3.63) is 119 Å². The van der Waals surface area contributed by atoms with E-state index in [1.165, 1.54) is 0 Å². The number of halogens is 2. The van der Waals surface area contributed by atoms with E-state index in [2.05, 4.69) is 21.4 Å². The number of para-hydroxylation sites is 1. The molecule has 2 aromatic heterocycles. The van der Waals surface area contributed by atoms with Crippen molar-refractivity contribution >= 4 is 11.6 Å². The minimum atomic E-state index is -0.649. The summed E-state index contributed by atoms with van der Waals surface area (Å²) in [7, 11) is 0. The summed E-state index contributed by atoms with van der Waals surface area (Å²) in [4.78, 5) is 19.8. The van der Waals surface area contributed by atoms with Crippen LogP contribution < -0.4 is 0 Å². The summed E-state index contributed by atoms with van der Waals surface area (Å²) in [5, 5.41) is 3.99. The maximum Gasteiger partial charge on any atom is 0.104 e. The first-order valence-electron chi connectivity index (χ1n) is 9.05. The molecule has 1 radical (unpaired) electrons. The Labute approximate surface area is 192 Å². The van der Waals surface area contributed by atoms with Gasteiger partial charge >= 0.3 is 0 Å². The normalized spacial score (nSPS) is 9.65. The van der Waals surface area contributed by atoms with Gasteiger partial charge in [0.1, 0.15) is 5.91 Å².